The summed E-state index contributed by atoms with van der Waals surface area (Å²) in [6.45, 7) is 3.04. The average Bonchev–Trinajstić information content (AvgIpc) is 2.24. The van der Waals surface area contributed by atoms with Gasteiger partial charge in [0, 0.05) is 0 Å². The zero-order valence-corrected chi connectivity index (χ0v) is 11.3. The van der Waals surface area contributed by atoms with E-state index in [9.17, 15) is 0 Å². The number of hydrogen-bond donors (Lipinski definition) is 3. The van der Waals surface area contributed by atoms with Crippen molar-refractivity contribution in [3.05, 3.63) is 30.3 Å². The maximum atomic E-state index is 8.74. The van der Waals surface area contributed by atoms with Gasteiger partial charge in [0.25, 0.3) is 0 Å². The van der Waals surface area contributed by atoms with Crippen LogP contribution in [0.5, 0.6) is 5.75 Å². The van der Waals surface area contributed by atoms with Gasteiger partial charge in [0.1, 0.15) is 5.75 Å². The summed E-state index contributed by atoms with van der Waals surface area (Å²) >= 11 is 0. The molecule has 1 aromatic carbocycles. The molecule has 6 nitrogen and oxygen atoms in total. The number of rotatable bonds is 5. The van der Waals surface area contributed by atoms with Crippen LogP contribution >= 0.6 is 0 Å². The average molecular weight is 279 g/mol. The van der Waals surface area contributed by atoms with E-state index < -0.39 is 10.4 Å². The van der Waals surface area contributed by atoms with E-state index in [1.54, 1.807) is 0 Å². The first-order chi connectivity index (χ1) is 7.93. The molecule has 0 spiro atoms. The first kappa shape index (κ1) is 19.2. The van der Waals surface area contributed by atoms with Gasteiger partial charge in [-0.05, 0) is 18.6 Å². The lowest BCUT2D eigenvalue weighted by atomic mass is 10.3. The predicted octanol–water partition coefficient (Wildman–Crippen LogP) is 2.76. The molecule has 0 saturated heterocycles. The van der Waals surface area contributed by atoms with Crippen LogP contribution < -0.4 is 10.9 Å². The molecule has 106 valence electrons. The van der Waals surface area contributed by atoms with Gasteiger partial charge in [0.05, 0.1) is 6.61 Å². The monoisotopic (exact) mass is 279 g/mol. The van der Waals surface area contributed by atoms with Crippen LogP contribution in [0, 0.1) is 0 Å². The van der Waals surface area contributed by atoms with Gasteiger partial charge in [-0.2, -0.15) is 8.42 Å². The Balaban J connectivity index is 0. The van der Waals surface area contributed by atoms with Crippen molar-refractivity contribution >= 4 is 10.4 Å². The van der Waals surface area contributed by atoms with E-state index in [1.165, 1.54) is 12.8 Å². The molecular weight excluding hydrogens is 258 g/mol. The van der Waals surface area contributed by atoms with Gasteiger partial charge in [0.2, 0.25) is 0 Å². The topological polar surface area (TPSA) is 119 Å². The molecule has 0 unspecified atom stereocenters. The Morgan fingerprint density at radius 1 is 1.11 bits per heavy atom. The molecule has 0 aliphatic rings. The highest BCUT2D eigenvalue weighted by molar-refractivity contribution is 7.79. The lowest BCUT2D eigenvalue weighted by Gasteiger charge is -2.04. The van der Waals surface area contributed by atoms with Crippen LogP contribution in [0.25, 0.3) is 0 Å². The van der Waals surface area contributed by atoms with Crippen LogP contribution in [0.2, 0.25) is 0 Å². The minimum absolute atomic E-state index is 0. The van der Waals surface area contributed by atoms with E-state index in [0.717, 1.165) is 18.8 Å². The second kappa shape index (κ2) is 11.0. The summed E-state index contributed by atoms with van der Waals surface area (Å²) < 4.78 is 37.1. The van der Waals surface area contributed by atoms with Gasteiger partial charge in [-0.15, -0.1) is 0 Å². The van der Waals surface area contributed by atoms with Crippen molar-refractivity contribution in [2.24, 2.45) is 0 Å². The van der Waals surface area contributed by atoms with E-state index in [0.29, 0.717) is 0 Å². The molecule has 0 aliphatic carbocycles. The largest absolute Gasteiger partial charge is 0.494 e. The molecule has 0 bridgehead atoms. The Bertz CT molecular complexity index is 372. The maximum Gasteiger partial charge on any atom is 0.394 e. The van der Waals surface area contributed by atoms with Gasteiger partial charge in [-0.3, -0.25) is 9.11 Å². The number of para-hydroxylation sites is 1. The molecule has 0 amide bonds. The van der Waals surface area contributed by atoms with E-state index in [-0.39, 0.29) is 6.15 Å². The van der Waals surface area contributed by atoms with Crippen LogP contribution in [0.4, 0.5) is 0 Å². The van der Waals surface area contributed by atoms with Crippen molar-refractivity contribution in [1.29, 1.82) is 0 Å². The zero-order chi connectivity index (χ0) is 13.1. The number of ether oxygens (including phenoxy) is 1. The lowest BCUT2D eigenvalue weighted by molar-refractivity contribution is 0.306. The lowest BCUT2D eigenvalue weighted by Crippen LogP contribution is -1.96. The third kappa shape index (κ3) is 17.3. The van der Waals surface area contributed by atoms with Crippen molar-refractivity contribution < 1.29 is 22.3 Å². The van der Waals surface area contributed by atoms with Crippen molar-refractivity contribution in [3.8, 4) is 5.75 Å². The molecule has 0 fully saturated rings. The van der Waals surface area contributed by atoms with E-state index in [2.05, 4.69) is 6.92 Å². The molecule has 0 radical (unpaired) electrons. The Morgan fingerprint density at radius 2 is 1.61 bits per heavy atom. The predicted molar refractivity (Wildman–Crippen MR) is 70.7 cm³/mol. The highest BCUT2D eigenvalue weighted by atomic mass is 32.3. The molecule has 1 rings (SSSR count). The first-order valence-electron chi connectivity index (χ1n) is 5.31. The third-order valence-corrected chi connectivity index (χ3v) is 1.76. The second-order valence-corrected chi connectivity index (χ2v) is 4.21. The maximum absolute atomic E-state index is 8.74. The molecule has 18 heavy (non-hydrogen) atoms. The normalized spacial score (nSPS) is 9.72. The van der Waals surface area contributed by atoms with Crippen LogP contribution in [0.1, 0.15) is 26.2 Å². The van der Waals surface area contributed by atoms with Crippen molar-refractivity contribution in [2.75, 3.05) is 6.61 Å². The van der Waals surface area contributed by atoms with Crippen molar-refractivity contribution in [3.63, 3.8) is 0 Å². The fourth-order valence-electron chi connectivity index (χ4n) is 1.06. The molecule has 0 heterocycles. The fourth-order valence-corrected chi connectivity index (χ4v) is 1.06. The molecular formula is C11H21NO5S. The van der Waals surface area contributed by atoms with Crippen LogP contribution in [-0.4, -0.2) is 24.1 Å². The van der Waals surface area contributed by atoms with Crippen LogP contribution in [-0.2, 0) is 10.4 Å². The Kier molecular flexibility index (Phi) is 11.7. The second-order valence-electron chi connectivity index (χ2n) is 3.32. The first-order valence-corrected chi connectivity index (χ1v) is 6.71. The van der Waals surface area contributed by atoms with Crippen molar-refractivity contribution in [1.82, 2.24) is 6.15 Å². The van der Waals surface area contributed by atoms with E-state index >= 15 is 0 Å². The minimum Gasteiger partial charge on any atom is -0.494 e. The Hall–Kier alpha value is -1.15. The van der Waals surface area contributed by atoms with E-state index in [1.807, 2.05) is 30.3 Å². The molecule has 1 aromatic rings. The highest BCUT2D eigenvalue weighted by Crippen LogP contribution is 2.08. The number of hydrogen-bond acceptors (Lipinski definition) is 4. The summed E-state index contributed by atoms with van der Waals surface area (Å²) in [5.41, 5.74) is 0. The minimum atomic E-state index is -4.67. The van der Waals surface area contributed by atoms with Gasteiger partial charge in [-0.1, -0.05) is 38.0 Å². The van der Waals surface area contributed by atoms with Crippen LogP contribution in [0.3, 0.4) is 0 Å². The van der Waals surface area contributed by atoms with Gasteiger partial charge in [-0.25, -0.2) is 0 Å². The molecule has 0 atom stereocenters. The van der Waals surface area contributed by atoms with E-state index in [4.69, 9.17) is 22.3 Å². The summed E-state index contributed by atoms with van der Waals surface area (Å²) in [7, 11) is -4.67. The van der Waals surface area contributed by atoms with Gasteiger partial charge < -0.3 is 10.9 Å². The molecule has 0 saturated carbocycles. The number of unbranched alkanes of at least 4 members (excludes halogenated alkanes) is 2. The summed E-state index contributed by atoms with van der Waals surface area (Å²) in [5, 5.41) is 0. The summed E-state index contributed by atoms with van der Waals surface area (Å²) in [4.78, 5) is 0. The SMILES string of the molecule is CCCCCOc1ccccc1.N.O=S(=O)(O)O. The molecule has 0 aromatic heterocycles. The summed E-state index contributed by atoms with van der Waals surface area (Å²) in [6, 6.07) is 9.97. The molecule has 5 N–H and O–H groups in total. The van der Waals surface area contributed by atoms with Crippen LogP contribution in [0.15, 0.2) is 30.3 Å². The highest BCUT2D eigenvalue weighted by Gasteiger charge is 1.89. The standard InChI is InChI=1S/C11H16O.H3N.H2O4S/c1-2-3-7-10-12-11-8-5-4-6-9-11;;1-5(2,3)4/h4-6,8-9H,2-3,7,10H2,1H3;1H3;(H2,1,2,3,4). The molecule has 0 aliphatic heterocycles. The summed E-state index contributed by atoms with van der Waals surface area (Å²) in [5.74, 6) is 0.980. The van der Waals surface area contributed by atoms with Crippen molar-refractivity contribution in [2.45, 2.75) is 26.2 Å². The fraction of sp³-hybridized carbons (Fsp3) is 0.455. The smallest absolute Gasteiger partial charge is 0.394 e. The summed E-state index contributed by atoms with van der Waals surface area (Å²) in [6.07, 6.45) is 3.66. The third-order valence-electron chi connectivity index (χ3n) is 1.76. The quantitative estimate of drug-likeness (QED) is 0.563. The molecule has 7 heteroatoms. The number of benzene rings is 1. The Labute approximate surface area is 108 Å². The van der Waals surface area contributed by atoms with Gasteiger partial charge in [0.15, 0.2) is 0 Å². The van der Waals surface area contributed by atoms with Gasteiger partial charge >= 0.3 is 10.4 Å². The Morgan fingerprint density at radius 3 is 2.06 bits per heavy atom. The zero-order valence-electron chi connectivity index (χ0n) is 10.4.